The Labute approximate surface area is 135 Å². The van der Waals surface area contributed by atoms with Crippen LogP contribution in [0.15, 0.2) is 42.0 Å². The molecule has 0 bridgehead atoms. The molecule has 116 valence electrons. The lowest BCUT2D eigenvalue weighted by Gasteiger charge is -2.37. The zero-order valence-electron chi connectivity index (χ0n) is 14.8. The maximum atomic E-state index is 2.37. The Bertz CT molecular complexity index is 724. The molecular formula is C22H28. The van der Waals surface area contributed by atoms with Crippen molar-refractivity contribution in [3.63, 3.8) is 0 Å². The Balaban J connectivity index is 2.46. The van der Waals surface area contributed by atoms with Crippen LogP contribution < -0.4 is 0 Å². The summed E-state index contributed by atoms with van der Waals surface area (Å²) in [7, 11) is 0. The summed E-state index contributed by atoms with van der Waals surface area (Å²) in [6, 6.07) is 13.7. The van der Waals surface area contributed by atoms with E-state index in [-0.39, 0.29) is 0 Å². The van der Waals surface area contributed by atoms with E-state index in [1.165, 1.54) is 21.9 Å². The second kappa shape index (κ2) is 5.57. The minimum atomic E-state index is 0.552. The van der Waals surface area contributed by atoms with Crippen LogP contribution in [0, 0.1) is 17.8 Å². The fourth-order valence-corrected chi connectivity index (χ4v) is 4.38. The van der Waals surface area contributed by atoms with Gasteiger partial charge in [-0.05, 0) is 45.2 Å². The lowest BCUT2D eigenvalue weighted by Crippen LogP contribution is -2.21. The molecule has 0 saturated heterocycles. The van der Waals surface area contributed by atoms with E-state index in [0.29, 0.717) is 23.7 Å². The first kappa shape index (κ1) is 15.3. The molecule has 1 aliphatic rings. The summed E-state index contributed by atoms with van der Waals surface area (Å²) in [5.41, 5.74) is 6.27. The van der Waals surface area contributed by atoms with Crippen molar-refractivity contribution in [2.75, 3.05) is 0 Å². The lowest BCUT2D eigenvalue weighted by atomic mass is 9.67. The van der Waals surface area contributed by atoms with Gasteiger partial charge < -0.3 is 0 Å². The Hall–Kier alpha value is -1.56. The molecule has 0 heteroatoms. The van der Waals surface area contributed by atoms with Crippen LogP contribution in [-0.4, -0.2) is 0 Å². The summed E-state index contributed by atoms with van der Waals surface area (Å²) in [6.07, 6.45) is 0. The van der Waals surface area contributed by atoms with Gasteiger partial charge in [0.2, 0.25) is 0 Å². The van der Waals surface area contributed by atoms with Gasteiger partial charge in [-0.25, -0.2) is 0 Å². The molecule has 0 nitrogen and oxygen atoms in total. The summed E-state index contributed by atoms with van der Waals surface area (Å²) >= 11 is 0. The van der Waals surface area contributed by atoms with Crippen LogP contribution in [0.1, 0.15) is 58.6 Å². The zero-order valence-corrected chi connectivity index (χ0v) is 14.8. The minimum absolute atomic E-state index is 0.552. The second-order valence-electron chi connectivity index (χ2n) is 7.65. The Morgan fingerprint density at radius 3 is 1.95 bits per heavy atom. The Morgan fingerprint density at radius 2 is 1.41 bits per heavy atom. The summed E-state index contributed by atoms with van der Waals surface area (Å²) in [6.45, 7) is 14.2. The molecule has 22 heavy (non-hydrogen) atoms. The predicted octanol–water partition coefficient (Wildman–Crippen LogP) is 6.66. The van der Waals surface area contributed by atoms with E-state index in [1.54, 1.807) is 11.1 Å². The highest BCUT2D eigenvalue weighted by Gasteiger charge is 2.33. The van der Waals surface area contributed by atoms with E-state index < -0.39 is 0 Å². The van der Waals surface area contributed by atoms with Gasteiger partial charge in [-0.3, -0.25) is 0 Å². The van der Waals surface area contributed by atoms with Gasteiger partial charge in [0.15, 0.2) is 0 Å². The summed E-state index contributed by atoms with van der Waals surface area (Å²) < 4.78 is 0. The second-order valence-corrected chi connectivity index (χ2v) is 7.65. The van der Waals surface area contributed by atoms with Crippen molar-refractivity contribution < 1.29 is 0 Å². The van der Waals surface area contributed by atoms with Gasteiger partial charge in [0.05, 0.1) is 0 Å². The van der Waals surface area contributed by atoms with Gasteiger partial charge in [-0.1, -0.05) is 83.5 Å². The molecule has 1 unspecified atom stereocenters. The molecular weight excluding hydrogens is 264 g/mol. The largest absolute Gasteiger partial charge is 0.0619 e. The van der Waals surface area contributed by atoms with Crippen molar-refractivity contribution in [3.05, 3.63) is 53.1 Å². The maximum absolute atomic E-state index is 2.37. The molecule has 0 aliphatic heterocycles. The number of rotatable bonds is 3. The molecule has 2 aromatic rings. The van der Waals surface area contributed by atoms with E-state index >= 15 is 0 Å². The molecule has 0 fully saturated rings. The highest BCUT2D eigenvalue weighted by Crippen LogP contribution is 2.50. The molecule has 0 spiro atoms. The van der Waals surface area contributed by atoms with Gasteiger partial charge in [-0.2, -0.15) is 0 Å². The van der Waals surface area contributed by atoms with Gasteiger partial charge in [-0.15, -0.1) is 0 Å². The lowest BCUT2D eigenvalue weighted by molar-refractivity contribution is 0.509. The van der Waals surface area contributed by atoms with Crippen LogP contribution in [-0.2, 0) is 0 Å². The van der Waals surface area contributed by atoms with E-state index in [0.717, 1.165) is 0 Å². The van der Waals surface area contributed by atoms with Gasteiger partial charge in [0.1, 0.15) is 0 Å². The Kier molecular flexibility index (Phi) is 3.89. The van der Waals surface area contributed by atoms with Crippen LogP contribution in [0.25, 0.3) is 16.3 Å². The SMILES string of the molecule is CC(C)C1=C(C(C)C)C(C(C)C)c2cccc3cccc1c23. The average molecular weight is 292 g/mol. The van der Waals surface area contributed by atoms with Crippen LogP contribution in [0.4, 0.5) is 0 Å². The van der Waals surface area contributed by atoms with Gasteiger partial charge in [0, 0.05) is 5.92 Å². The number of benzene rings is 2. The predicted molar refractivity (Wildman–Crippen MR) is 98.1 cm³/mol. The number of hydrogen-bond donors (Lipinski definition) is 0. The quantitative estimate of drug-likeness (QED) is 0.593. The molecule has 2 aromatic carbocycles. The van der Waals surface area contributed by atoms with E-state index in [9.17, 15) is 0 Å². The topological polar surface area (TPSA) is 0 Å². The van der Waals surface area contributed by atoms with Gasteiger partial charge >= 0.3 is 0 Å². The Morgan fingerprint density at radius 1 is 0.773 bits per heavy atom. The number of hydrogen-bond acceptors (Lipinski definition) is 0. The molecule has 0 heterocycles. The van der Waals surface area contributed by atoms with Crippen LogP contribution in [0.5, 0.6) is 0 Å². The third-order valence-electron chi connectivity index (χ3n) is 5.07. The highest BCUT2D eigenvalue weighted by atomic mass is 14.4. The summed E-state index contributed by atoms with van der Waals surface area (Å²) in [5, 5.41) is 2.89. The first-order valence-corrected chi connectivity index (χ1v) is 8.69. The monoisotopic (exact) mass is 292 g/mol. The summed E-state index contributed by atoms with van der Waals surface area (Å²) in [5.74, 6) is 2.34. The van der Waals surface area contributed by atoms with Crippen LogP contribution >= 0.6 is 0 Å². The van der Waals surface area contributed by atoms with Crippen molar-refractivity contribution in [2.45, 2.75) is 47.5 Å². The molecule has 0 radical (unpaired) electrons. The van der Waals surface area contributed by atoms with Crippen molar-refractivity contribution in [3.8, 4) is 0 Å². The van der Waals surface area contributed by atoms with Crippen molar-refractivity contribution >= 4 is 16.3 Å². The molecule has 1 atom stereocenters. The third-order valence-corrected chi connectivity index (χ3v) is 5.07. The molecule has 3 rings (SSSR count). The van der Waals surface area contributed by atoms with Crippen molar-refractivity contribution in [1.29, 1.82) is 0 Å². The average Bonchev–Trinajstić information content (AvgIpc) is 2.46. The van der Waals surface area contributed by atoms with Crippen LogP contribution in [0.2, 0.25) is 0 Å². The first-order valence-electron chi connectivity index (χ1n) is 8.69. The van der Waals surface area contributed by atoms with E-state index in [2.05, 4.69) is 77.9 Å². The molecule has 0 saturated carbocycles. The minimum Gasteiger partial charge on any atom is -0.0619 e. The van der Waals surface area contributed by atoms with Crippen molar-refractivity contribution in [2.24, 2.45) is 17.8 Å². The third kappa shape index (κ3) is 2.20. The molecule has 1 aliphatic carbocycles. The van der Waals surface area contributed by atoms with E-state index in [1.807, 2.05) is 0 Å². The maximum Gasteiger partial charge on any atom is 0.00862 e. The van der Waals surface area contributed by atoms with Crippen molar-refractivity contribution in [1.82, 2.24) is 0 Å². The van der Waals surface area contributed by atoms with E-state index in [4.69, 9.17) is 0 Å². The van der Waals surface area contributed by atoms with Gasteiger partial charge in [0.25, 0.3) is 0 Å². The number of allylic oxidation sites excluding steroid dienone is 2. The standard InChI is InChI=1S/C22H28/c1-13(2)19-17-11-7-9-16-10-8-12-18(22(16)17)20(14(3)4)21(19)15(5)6/h7-15,19H,1-6H3. The molecule has 0 aromatic heterocycles. The normalized spacial score (nSPS) is 18.1. The smallest absolute Gasteiger partial charge is 0.00862 e. The fourth-order valence-electron chi connectivity index (χ4n) is 4.38. The summed E-state index contributed by atoms with van der Waals surface area (Å²) in [4.78, 5) is 0. The fraction of sp³-hybridized carbons (Fsp3) is 0.455. The molecule has 0 amide bonds. The van der Waals surface area contributed by atoms with Crippen LogP contribution in [0.3, 0.4) is 0 Å². The highest BCUT2D eigenvalue weighted by molar-refractivity contribution is 6.00. The zero-order chi connectivity index (χ0) is 16.0. The molecule has 0 N–H and O–H groups in total. The first-order chi connectivity index (χ1) is 10.4.